The molecule has 0 saturated carbocycles. The zero-order valence-electron chi connectivity index (χ0n) is 15.0. The van der Waals surface area contributed by atoms with Gasteiger partial charge >= 0.3 is 5.97 Å². The van der Waals surface area contributed by atoms with Gasteiger partial charge in [-0.05, 0) is 28.8 Å². The fourth-order valence-electron chi connectivity index (χ4n) is 3.45. The monoisotopic (exact) mass is 357 g/mol. The quantitative estimate of drug-likeness (QED) is 0.526. The normalized spacial score (nSPS) is 18.0. The van der Waals surface area contributed by atoms with Crippen LogP contribution in [-0.4, -0.2) is 30.4 Å². The van der Waals surface area contributed by atoms with Gasteiger partial charge in [-0.3, -0.25) is 4.79 Å². The van der Waals surface area contributed by atoms with E-state index in [1.165, 1.54) is 7.11 Å². The molecular weight excluding hydrogens is 338 g/mol. The summed E-state index contributed by atoms with van der Waals surface area (Å²) in [6.07, 6.45) is 0. The summed E-state index contributed by atoms with van der Waals surface area (Å²) in [5, 5.41) is 0. The van der Waals surface area contributed by atoms with Crippen molar-refractivity contribution in [3.8, 4) is 11.1 Å². The third-order valence-corrected chi connectivity index (χ3v) is 5.00. The van der Waals surface area contributed by atoms with Crippen molar-refractivity contribution >= 4 is 11.9 Å². The minimum absolute atomic E-state index is 0.177. The van der Waals surface area contributed by atoms with Crippen LogP contribution < -0.4 is 0 Å². The highest BCUT2D eigenvalue weighted by molar-refractivity contribution is 6.03. The number of benzene rings is 3. The maximum absolute atomic E-state index is 13.0. The van der Waals surface area contributed by atoms with Crippen LogP contribution in [0.3, 0.4) is 0 Å². The van der Waals surface area contributed by atoms with E-state index in [0.29, 0.717) is 12.1 Å². The predicted molar refractivity (Wildman–Crippen MR) is 103 cm³/mol. The third-order valence-electron chi connectivity index (χ3n) is 5.00. The average Bonchev–Trinajstić information content (AvgIpc) is 3.51. The van der Waals surface area contributed by atoms with Gasteiger partial charge < -0.3 is 9.64 Å². The van der Waals surface area contributed by atoms with Crippen LogP contribution in [0, 0.1) is 0 Å². The molecule has 27 heavy (non-hydrogen) atoms. The Kier molecular flexibility index (Phi) is 4.24. The summed E-state index contributed by atoms with van der Waals surface area (Å²) in [6, 6.07) is 26.7. The lowest BCUT2D eigenvalue weighted by atomic mass is 9.99. The number of esters is 1. The summed E-state index contributed by atoms with van der Waals surface area (Å²) in [6.45, 7) is 0.322. The van der Waals surface area contributed by atoms with E-state index < -0.39 is 11.5 Å². The summed E-state index contributed by atoms with van der Waals surface area (Å²) in [7, 11) is 1.35. The Balaban J connectivity index is 1.61. The van der Waals surface area contributed by atoms with Gasteiger partial charge in [-0.2, -0.15) is 0 Å². The van der Waals surface area contributed by atoms with Crippen molar-refractivity contribution in [2.24, 2.45) is 0 Å². The highest BCUT2D eigenvalue weighted by Crippen LogP contribution is 2.44. The maximum atomic E-state index is 13.0. The number of rotatable bonds is 4. The van der Waals surface area contributed by atoms with Crippen LogP contribution in [0.15, 0.2) is 84.9 Å². The van der Waals surface area contributed by atoms with Gasteiger partial charge in [0.15, 0.2) is 5.54 Å². The molecule has 1 fully saturated rings. The smallest absolute Gasteiger partial charge is 0.338 e. The van der Waals surface area contributed by atoms with Crippen LogP contribution in [0.5, 0.6) is 0 Å². The van der Waals surface area contributed by atoms with Gasteiger partial charge in [0.25, 0.3) is 5.91 Å². The summed E-state index contributed by atoms with van der Waals surface area (Å²) in [5.41, 5.74) is 2.43. The highest BCUT2D eigenvalue weighted by Gasteiger charge is 2.63. The SMILES string of the molecule is COC(=O)[C@@]1(c2ccccc2)CN1C(=O)c1ccc(-c2ccccc2)cc1. The molecule has 3 aromatic rings. The fourth-order valence-corrected chi connectivity index (χ4v) is 3.45. The van der Waals surface area contributed by atoms with Gasteiger partial charge in [0.05, 0.1) is 13.7 Å². The van der Waals surface area contributed by atoms with Gasteiger partial charge in [0.2, 0.25) is 0 Å². The van der Waals surface area contributed by atoms with E-state index in [0.717, 1.165) is 16.7 Å². The molecule has 0 radical (unpaired) electrons. The summed E-state index contributed by atoms with van der Waals surface area (Å²) < 4.78 is 4.99. The standard InChI is InChI=1S/C23H19NO3/c1-27-22(26)23(20-10-6-3-7-11-20)16-24(23)21(25)19-14-12-18(13-15-19)17-8-4-2-5-9-17/h2-15H,16H2,1H3/t23-,24?/m0/s1. The first-order chi connectivity index (χ1) is 13.2. The van der Waals surface area contributed by atoms with Crippen molar-refractivity contribution in [1.82, 2.24) is 4.90 Å². The molecule has 4 nitrogen and oxygen atoms in total. The molecule has 0 aliphatic carbocycles. The lowest BCUT2D eigenvalue weighted by Crippen LogP contribution is -2.31. The molecule has 3 aromatic carbocycles. The Morgan fingerprint density at radius 1 is 0.815 bits per heavy atom. The number of carbonyl (C=O) groups excluding carboxylic acids is 2. The Morgan fingerprint density at radius 3 is 1.96 bits per heavy atom. The fraction of sp³-hybridized carbons (Fsp3) is 0.130. The zero-order chi connectivity index (χ0) is 18.9. The van der Waals surface area contributed by atoms with Crippen LogP contribution in [0.1, 0.15) is 15.9 Å². The molecule has 134 valence electrons. The van der Waals surface area contributed by atoms with Crippen molar-refractivity contribution in [1.29, 1.82) is 0 Å². The number of hydrogen-bond donors (Lipinski definition) is 0. The van der Waals surface area contributed by atoms with Gasteiger partial charge in [-0.25, -0.2) is 4.79 Å². The topological polar surface area (TPSA) is 46.4 Å². The van der Waals surface area contributed by atoms with E-state index in [4.69, 9.17) is 4.74 Å². The molecule has 0 spiro atoms. The molecule has 1 aliphatic heterocycles. The first-order valence-corrected chi connectivity index (χ1v) is 8.78. The third kappa shape index (κ3) is 2.89. The molecule has 0 unspecified atom stereocenters. The van der Waals surface area contributed by atoms with Gasteiger partial charge in [-0.1, -0.05) is 72.8 Å². The summed E-state index contributed by atoms with van der Waals surface area (Å²) in [5.74, 6) is -0.591. The van der Waals surface area contributed by atoms with Gasteiger partial charge in [-0.15, -0.1) is 0 Å². The predicted octanol–water partition coefficient (Wildman–Crippen LogP) is 3.88. The first-order valence-electron chi connectivity index (χ1n) is 8.78. The molecule has 4 rings (SSSR count). The molecule has 1 heterocycles. The number of amides is 1. The van der Waals surface area contributed by atoms with Crippen molar-refractivity contribution in [3.63, 3.8) is 0 Å². The van der Waals surface area contributed by atoms with Gasteiger partial charge in [0.1, 0.15) is 0 Å². The number of hydrogen-bond acceptors (Lipinski definition) is 3. The second kappa shape index (κ2) is 6.72. The number of carbonyl (C=O) groups is 2. The molecular formula is C23H19NO3. The maximum Gasteiger partial charge on any atom is 0.338 e. The molecule has 4 heteroatoms. The van der Waals surface area contributed by atoms with Crippen LogP contribution in [-0.2, 0) is 15.1 Å². The Bertz CT molecular complexity index is 968. The molecule has 1 saturated heterocycles. The number of ether oxygens (including phenoxy) is 1. The van der Waals surface area contributed by atoms with Crippen molar-refractivity contribution in [2.45, 2.75) is 5.54 Å². The average molecular weight is 357 g/mol. The lowest BCUT2D eigenvalue weighted by molar-refractivity contribution is -0.145. The summed E-state index contributed by atoms with van der Waals surface area (Å²) in [4.78, 5) is 27.0. The Labute approximate surface area is 158 Å². The van der Waals surface area contributed by atoms with E-state index >= 15 is 0 Å². The number of methoxy groups -OCH3 is 1. The lowest BCUT2D eigenvalue weighted by Gasteiger charge is -2.16. The van der Waals surface area contributed by atoms with E-state index in [9.17, 15) is 9.59 Å². The van der Waals surface area contributed by atoms with E-state index in [2.05, 4.69) is 0 Å². The molecule has 0 bridgehead atoms. The number of nitrogens with zero attached hydrogens (tertiary/aromatic N) is 1. The van der Waals surface area contributed by atoms with Crippen molar-refractivity contribution < 1.29 is 14.3 Å². The molecule has 0 N–H and O–H groups in total. The highest BCUT2D eigenvalue weighted by atomic mass is 16.5. The zero-order valence-corrected chi connectivity index (χ0v) is 15.0. The van der Waals surface area contributed by atoms with Crippen LogP contribution in [0.4, 0.5) is 0 Å². The minimum atomic E-state index is -1.02. The summed E-state index contributed by atoms with van der Waals surface area (Å²) >= 11 is 0. The second-order valence-corrected chi connectivity index (χ2v) is 6.55. The van der Waals surface area contributed by atoms with E-state index in [1.54, 1.807) is 17.0 Å². The minimum Gasteiger partial charge on any atom is -0.467 e. The molecule has 1 atom stereocenters. The molecule has 1 aliphatic rings. The van der Waals surface area contributed by atoms with Gasteiger partial charge in [0, 0.05) is 5.56 Å². The Hall–Kier alpha value is -3.40. The van der Waals surface area contributed by atoms with E-state index in [-0.39, 0.29) is 5.91 Å². The van der Waals surface area contributed by atoms with Crippen LogP contribution in [0.2, 0.25) is 0 Å². The van der Waals surface area contributed by atoms with E-state index in [1.807, 2.05) is 72.8 Å². The van der Waals surface area contributed by atoms with Crippen molar-refractivity contribution in [2.75, 3.05) is 13.7 Å². The van der Waals surface area contributed by atoms with Crippen molar-refractivity contribution in [3.05, 3.63) is 96.1 Å². The molecule has 0 aromatic heterocycles. The first kappa shape index (κ1) is 17.0. The van der Waals surface area contributed by atoms with Crippen LogP contribution >= 0.6 is 0 Å². The van der Waals surface area contributed by atoms with Crippen LogP contribution in [0.25, 0.3) is 11.1 Å². The second-order valence-electron chi connectivity index (χ2n) is 6.55. The largest absolute Gasteiger partial charge is 0.467 e. The molecule has 1 amide bonds. The Morgan fingerprint density at radius 2 is 1.37 bits per heavy atom.